The Kier molecular flexibility index (Phi) is 4.52. The van der Waals surface area contributed by atoms with Crippen LogP contribution in [0.4, 0.5) is 11.8 Å². The molecule has 0 saturated carbocycles. The van der Waals surface area contributed by atoms with Gasteiger partial charge in [0, 0.05) is 31.2 Å². The third kappa shape index (κ3) is 3.43. The lowest BCUT2D eigenvalue weighted by Crippen LogP contribution is -2.21. The molecule has 96 valence electrons. The molecule has 2 rings (SSSR count). The topological polar surface area (TPSA) is 41.1 Å². The Morgan fingerprint density at radius 3 is 3.00 bits per heavy atom. The predicted molar refractivity (Wildman–Crippen MR) is 77.5 cm³/mol. The molecule has 5 heteroatoms. The van der Waals surface area contributed by atoms with Gasteiger partial charge in [-0.3, -0.25) is 0 Å². The van der Waals surface area contributed by atoms with Crippen molar-refractivity contribution in [1.82, 2.24) is 9.97 Å². The number of aromatic nitrogens is 2. The summed E-state index contributed by atoms with van der Waals surface area (Å²) in [7, 11) is 2.06. The Hall–Kier alpha value is -1.62. The second kappa shape index (κ2) is 6.35. The lowest BCUT2D eigenvalue weighted by molar-refractivity contribution is 0.864. The zero-order chi connectivity index (χ0) is 12.8. The summed E-state index contributed by atoms with van der Waals surface area (Å²) in [6.07, 6.45) is 2.84. The first kappa shape index (κ1) is 12.8. The smallest absolute Gasteiger partial charge is 0.224 e. The highest BCUT2D eigenvalue weighted by Gasteiger charge is 2.04. The lowest BCUT2D eigenvalue weighted by atomic mass is 10.3. The van der Waals surface area contributed by atoms with Crippen LogP contribution < -0.4 is 10.2 Å². The highest BCUT2D eigenvalue weighted by atomic mass is 32.1. The minimum Gasteiger partial charge on any atom is -0.359 e. The maximum absolute atomic E-state index is 4.47. The summed E-state index contributed by atoms with van der Waals surface area (Å²) in [4.78, 5) is 12.2. The number of nitrogens with one attached hydrogen (secondary N) is 1. The van der Waals surface area contributed by atoms with Crippen molar-refractivity contribution >= 4 is 23.1 Å². The monoisotopic (exact) mass is 262 g/mol. The molecular weight excluding hydrogens is 244 g/mol. The Bertz CT molecular complexity index is 470. The van der Waals surface area contributed by atoms with Gasteiger partial charge in [0.2, 0.25) is 5.95 Å². The highest BCUT2D eigenvalue weighted by molar-refractivity contribution is 7.09. The molecule has 0 aliphatic heterocycles. The fourth-order valence-corrected chi connectivity index (χ4v) is 2.35. The van der Waals surface area contributed by atoms with Gasteiger partial charge in [0.05, 0.1) is 0 Å². The number of nitrogens with zero attached hydrogens (tertiary/aromatic N) is 3. The van der Waals surface area contributed by atoms with Gasteiger partial charge >= 0.3 is 0 Å². The van der Waals surface area contributed by atoms with Crippen molar-refractivity contribution in [3.8, 4) is 0 Å². The first-order valence-corrected chi connectivity index (χ1v) is 6.98. The Balaban J connectivity index is 1.95. The van der Waals surface area contributed by atoms with E-state index < -0.39 is 0 Å². The van der Waals surface area contributed by atoms with Crippen LogP contribution in [0.1, 0.15) is 11.8 Å². The molecule has 0 saturated heterocycles. The van der Waals surface area contributed by atoms with Gasteiger partial charge in [0.15, 0.2) is 0 Å². The molecule has 1 N–H and O–H groups in total. The maximum Gasteiger partial charge on any atom is 0.224 e. The number of rotatable bonds is 6. The normalized spacial score (nSPS) is 10.3. The average molecular weight is 262 g/mol. The van der Waals surface area contributed by atoms with Crippen LogP contribution in [0.2, 0.25) is 0 Å². The molecule has 2 aromatic heterocycles. The molecule has 0 aromatic carbocycles. The van der Waals surface area contributed by atoms with Crippen LogP contribution in [0.3, 0.4) is 0 Å². The lowest BCUT2D eigenvalue weighted by Gasteiger charge is -2.18. The molecule has 18 heavy (non-hydrogen) atoms. The van der Waals surface area contributed by atoms with Crippen LogP contribution in [-0.2, 0) is 6.42 Å². The zero-order valence-corrected chi connectivity index (χ0v) is 11.6. The molecule has 0 fully saturated rings. The van der Waals surface area contributed by atoms with E-state index in [0.29, 0.717) is 5.95 Å². The zero-order valence-electron chi connectivity index (χ0n) is 10.8. The van der Waals surface area contributed by atoms with Crippen molar-refractivity contribution in [3.05, 3.63) is 34.7 Å². The van der Waals surface area contributed by atoms with Crippen molar-refractivity contribution in [2.75, 3.05) is 30.4 Å². The molecular formula is C13H18N4S. The van der Waals surface area contributed by atoms with Crippen LogP contribution in [0, 0.1) is 0 Å². The van der Waals surface area contributed by atoms with E-state index in [0.717, 1.165) is 25.3 Å². The third-order valence-electron chi connectivity index (χ3n) is 2.64. The summed E-state index contributed by atoms with van der Waals surface area (Å²) in [6.45, 7) is 3.84. The van der Waals surface area contributed by atoms with E-state index in [4.69, 9.17) is 0 Å². The third-order valence-corrected chi connectivity index (χ3v) is 3.58. The fourth-order valence-electron chi connectivity index (χ4n) is 1.65. The van der Waals surface area contributed by atoms with E-state index in [9.17, 15) is 0 Å². The van der Waals surface area contributed by atoms with Gasteiger partial charge in [-0.2, -0.15) is 4.98 Å². The van der Waals surface area contributed by atoms with E-state index in [1.807, 2.05) is 13.0 Å². The summed E-state index contributed by atoms with van der Waals surface area (Å²) in [5, 5.41) is 5.24. The molecule has 0 unspecified atom stereocenters. The largest absolute Gasteiger partial charge is 0.359 e. The Morgan fingerprint density at radius 1 is 1.39 bits per heavy atom. The van der Waals surface area contributed by atoms with Crippen LogP contribution in [0.25, 0.3) is 0 Å². The van der Waals surface area contributed by atoms with E-state index in [-0.39, 0.29) is 0 Å². The van der Waals surface area contributed by atoms with Crippen molar-refractivity contribution < 1.29 is 0 Å². The summed E-state index contributed by atoms with van der Waals surface area (Å²) < 4.78 is 0. The van der Waals surface area contributed by atoms with Crippen molar-refractivity contribution in [3.63, 3.8) is 0 Å². The predicted octanol–water partition coefficient (Wildman–Crippen LogP) is 2.65. The van der Waals surface area contributed by atoms with Crippen molar-refractivity contribution in [2.45, 2.75) is 13.3 Å². The number of likely N-dealkylation sites (N-methyl/N-ethyl adjacent to an activating group) is 1. The number of thiophene rings is 1. The SMILES string of the molecule is CCNc1nccc(N(C)CCc2cccs2)n1. The molecule has 0 radical (unpaired) electrons. The van der Waals surface area contributed by atoms with Gasteiger partial charge in [0.25, 0.3) is 0 Å². The van der Waals surface area contributed by atoms with Crippen molar-refractivity contribution in [1.29, 1.82) is 0 Å². The summed E-state index contributed by atoms with van der Waals surface area (Å²) in [5.74, 6) is 1.65. The quantitative estimate of drug-likeness (QED) is 0.869. The summed E-state index contributed by atoms with van der Waals surface area (Å²) in [6, 6.07) is 6.20. The molecule has 0 amide bonds. The van der Waals surface area contributed by atoms with Crippen molar-refractivity contribution in [2.24, 2.45) is 0 Å². The summed E-state index contributed by atoms with van der Waals surface area (Å²) >= 11 is 1.80. The molecule has 2 aromatic rings. The Morgan fingerprint density at radius 2 is 2.28 bits per heavy atom. The van der Waals surface area contributed by atoms with Crippen LogP contribution >= 0.6 is 11.3 Å². The molecule has 0 atom stereocenters. The second-order valence-electron chi connectivity index (χ2n) is 4.02. The molecule has 4 nitrogen and oxygen atoms in total. The molecule has 0 spiro atoms. The number of hydrogen-bond donors (Lipinski definition) is 1. The molecule has 0 bridgehead atoms. The van der Waals surface area contributed by atoms with Gasteiger partial charge in [-0.05, 0) is 30.9 Å². The van der Waals surface area contributed by atoms with Gasteiger partial charge in [-0.1, -0.05) is 6.07 Å². The van der Waals surface area contributed by atoms with Gasteiger partial charge < -0.3 is 10.2 Å². The number of hydrogen-bond acceptors (Lipinski definition) is 5. The van der Waals surface area contributed by atoms with Gasteiger partial charge in [0.1, 0.15) is 5.82 Å². The van der Waals surface area contributed by atoms with Gasteiger partial charge in [-0.25, -0.2) is 4.98 Å². The van der Waals surface area contributed by atoms with Gasteiger partial charge in [-0.15, -0.1) is 11.3 Å². The first-order chi connectivity index (χ1) is 8.79. The van der Waals surface area contributed by atoms with E-state index in [2.05, 4.69) is 44.7 Å². The minimum atomic E-state index is 0.693. The average Bonchev–Trinajstić information content (AvgIpc) is 2.90. The van der Waals surface area contributed by atoms with E-state index >= 15 is 0 Å². The summed E-state index contributed by atoms with van der Waals surface area (Å²) in [5.41, 5.74) is 0. The minimum absolute atomic E-state index is 0.693. The van der Waals surface area contributed by atoms with Crippen LogP contribution in [0.5, 0.6) is 0 Å². The van der Waals surface area contributed by atoms with E-state index in [1.54, 1.807) is 17.5 Å². The number of anilines is 2. The molecule has 0 aliphatic carbocycles. The Labute approximate surface area is 112 Å². The standard InChI is InChI=1S/C13H18N4S/c1-3-14-13-15-8-6-12(16-13)17(2)9-7-11-5-4-10-18-11/h4-6,8,10H,3,7,9H2,1-2H3,(H,14,15,16). The fraction of sp³-hybridized carbons (Fsp3) is 0.385. The maximum atomic E-state index is 4.47. The molecule has 0 aliphatic rings. The van der Waals surface area contributed by atoms with E-state index in [1.165, 1.54) is 4.88 Å². The van der Waals surface area contributed by atoms with Crippen LogP contribution in [0.15, 0.2) is 29.8 Å². The molecule has 2 heterocycles. The van der Waals surface area contributed by atoms with Crippen LogP contribution in [-0.4, -0.2) is 30.1 Å². The first-order valence-electron chi connectivity index (χ1n) is 6.10. The second-order valence-corrected chi connectivity index (χ2v) is 5.05. The highest BCUT2D eigenvalue weighted by Crippen LogP contribution is 2.13.